The normalized spacial score (nSPS) is 10.5. The number of carbonyl (C=O) groups is 1. The van der Waals surface area contributed by atoms with Crippen LogP contribution >= 0.6 is 0 Å². The molecule has 0 spiro atoms. The van der Waals surface area contributed by atoms with Crippen molar-refractivity contribution < 1.29 is 23.4 Å². The number of nitrogens with zero attached hydrogens (tertiary/aromatic N) is 2. The van der Waals surface area contributed by atoms with E-state index in [-0.39, 0.29) is 11.5 Å². The van der Waals surface area contributed by atoms with Crippen molar-refractivity contribution in [2.24, 2.45) is 0 Å². The third-order valence-corrected chi connectivity index (χ3v) is 4.11. The molecule has 0 bridgehead atoms. The fourth-order valence-electron chi connectivity index (χ4n) is 2.78. The van der Waals surface area contributed by atoms with Crippen molar-refractivity contribution >= 4 is 11.6 Å². The van der Waals surface area contributed by atoms with Crippen molar-refractivity contribution in [3.05, 3.63) is 59.7 Å². The molecular formula is C20H20FN3O4. The van der Waals surface area contributed by atoms with Crippen LogP contribution in [0.5, 0.6) is 17.2 Å². The quantitative estimate of drug-likeness (QED) is 0.702. The number of hydrogen-bond acceptors (Lipinski definition) is 5. The summed E-state index contributed by atoms with van der Waals surface area (Å²) in [5, 5.41) is 7.09. The second-order valence-corrected chi connectivity index (χ2v) is 5.93. The van der Waals surface area contributed by atoms with Gasteiger partial charge in [0.1, 0.15) is 5.82 Å². The van der Waals surface area contributed by atoms with Gasteiger partial charge in [-0.2, -0.15) is 5.10 Å². The van der Waals surface area contributed by atoms with E-state index in [4.69, 9.17) is 14.2 Å². The summed E-state index contributed by atoms with van der Waals surface area (Å²) >= 11 is 0. The van der Waals surface area contributed by atoms with E-state index < -0.39 is 5.91 Å². The first-order valence-electron chi connectivity index (χ1n) is 8.40. The predicted octanol–water partition coefficient (Wildman–Crippen LogP) is 3.60. The average Bonchev–Trinajstić information content (AvgIpc) is 3.09. The van der Waals surface area contributed by atoms with Crippen molar-refractivity contribution in [3.8, 4) is 22.9 Å². The first-order chi connectivity index (χ1) is 13.5. The van der Waals surface area contributed by atoms with Crippen LogP contribution in [0.1, 0.15) is 16.2 Å². The van der Waals surface area contributed by atoms with Gasteiger partial charge in [-0.25, -0.2) is 9.07 Å². The van der Waals surface area contributed by atoms with E-state index in [9.17, 15) is 9.18 Å². The molecule has 0 unspecified atom stereocenters. The fourth-order valence-corrected chi connectivity index (χ4v) is 2.78. The van der Waals surface area contributed by atoms with Crippen molar-refractivity contribution in [1.82, 2.24) is 9.78 Å². The SMILES string of the molecule is COc1cc(NC(=O)c2cc(C)n(-c3ccc(F)cc3)n2)cc(OC)c1OC. The van der Waals surface area contributed by atoms with Crippen molar-refractivity contribution in [2.45, 2.75) is 6.92 Å². The van der Waals surface area contributed by atoms with Crippen LogP contribution in [0.3, 0.4) is 0 Å². The number of methoxy groups -OCH3 is 3. The highest BCUT2D eigenvalue weighted by Crippen LogP contribution is 2.40. The van der Waals surface area contributed by atoms with E-state index in [2.05, 4.69) is 10.4 Å². The van der Waals surface area contributed by atoms with Gasteiger partial charge in [-0.05, 0) is 37.3 Å². The van der Waals surface area contributed by atoms with Crippen molar-refractivity contribution in [2.75, 3.05) is 26.6 Å². The molecule has 1 N–H and O–H groups in total. The minimum atomic E-state index is -0.404. The summed E-state index contributed by atoms with van der Waals surface area (Å²) in [6.45, 7) is 1.81. The van der Waals surface area contributed by atoms with Gasteiger partial charge in [-0.1, -0.05) is 0 Å². The van der Waals surface area contributed by atoms with E-state index in [1.54, 1.807) is 35.0 Å². The standard InChI is InChI=1S/C20H20FN3O4/c1-12-9-16(23-24(12)15-7-5-13(21)6-8-15)20(25)22-14-10-17(26-2)19(28-4)18(11-14)27-3/h5-11H,1-4H3,(H,22,25). The van der Waals surface area contributed by atoms with Crippen LogP contribution < -0.4 is 19.5 Å². The Bertz CT molecular complexity index is 974. The Balaban J connectivity index is 1.88. The Kier molecular flexibility index (Phi) is 5.49. The number of aromatic nitrogens is 2. The lowest BCUT2D eigenvalue weighted by atomic mass is 10.2. The number of halogens is 1. The lowest BCUT2D eigenvalue weighted by Gasteiger charge is -2.14. The first kappa shape index (κ1) is 19.2. The lowest BCUT2D eigenvalue weighted by molar-refractivity contribution is 0.102. The number of anilines is 1. The Morgan fingerprint density at radius 1 is 1.00 bits per heavy atom. The van der Waals surface area contributed by atoms with Gasteiger partial charge in [0.25, 0.3) is 5.91 Å². The number of ether oxygens (including phenoxy) is 3. The zero-order valence-corrected chi connectivity index (χ0v) is 15.9. The molecule has 0 fully saturated rings. The molecule has 3 rings (SSSR count). The molecule has 0 saturated heterocycles. The Morgan fingerprint density at radius 2 is 1.61 bits per heavy atom. The Hall–Kier alpha value is -3.55. The number of carbonyl (C=O) groups excluding carboxylic acids is 1. The molecule has 7 nitrogen and oxygen atoms in total. The predicted molar refractivity (Wildman–Crippen MR) is 102 cm³/mol. The zero-order valence-electron chi connectivity index (χ0n) is 15.9. The molecule has 28 heavy (non-hydrogen) atoms. The first-order valence-corrected chi connectivity index (χ1v) is 8.40. The zero-order chi connectivity index (χ0) is 20.3. The van der Waals surface area contributed by atoms with Gasteiger partial charge in [-0.3, -0.25) is 4.79 Å². The van der Waals surface area contributed by atoms with Gasteiger partial charge < -0.3 is 19.5 Å². The molecule has 0 atom stereocenters. The van der Waals surface area contributed by atoms with Crippen LogP contribution in [-0.2, 0) is 0 Å². The van der Waals surface area contributed by atoms with Gasteiger partial charge in [0.05, 0.1) is 27.0 Å². The number of amides is 1. The van der Waals surface area contributed by atoms with Gasteiger partial charge in [0.2, 0.25) is 5.75 Å². The minimum absolute atomic E-state index is 0.218. The van der Waals surface area contributed by atoms with Crippen molar-refractivity contribution in [1.29, 1.82) is 0 Å². The molecule has 0 saturated carbocycles. The number of aryl methyl sites for hydroxylation is 1. The number of hydrogen-bond donors (Lipinski definition) is 1. The van der Waals surface area contributed by atoms with E-state index in [0.717, 1.165) is 5.69 Å². The molecular weight excluding hydrogens is 365 g/mol. The van der Waals surface area contributed by atoms with Crippen molar-refractivity contribution in [3.63, 3.8) is 0 Å². The van der Waals surface area contributed by atoms with Gasteiger partial charge in [0, 0.05) is 23.5 Å². The molecule has 1 amide bonds. The van der Waals surface area contributed by atoms with Gasteiger partial charge in [-0.15, -0.1) is 0 Å². The summed E-state index contributed by atoms with van der Waals surface area (Å²) in [4.78, 5) is 12.7. The summed E-state index contributed by atoms with van der Waals surface area (Å²) in [7, 11) is 4.50. The summed E-state index contributed by atoms with van der Waals surface area (Å²) in [5.74, 6) is 0.530. The maximum Gasteiger partial charge on any atom is 0.276 e. The topological polar surface area (TPSA) is 74.6 Å². The molecule has 1 aromatic heterocycles. The minimum Gasteiger partial charge on any atom is -0.493 e. The van der Waals surface area contributed by atoms with Crippen LogP contribution in [0.25, 0.3) is 5.69 Å². The molecule has 0 aliphatic carbocycles. The largest absolute Gasteiger partial charge is 0.493 e. The van der Waals surface area contributed by atoms with E-state index in [0.29, 0.717) is 28.6 Å². The molecule has 0 radical (unpaired) electrons. The van der Waals surface area contributed by atoms with Crippen LogP contribution in [0.4, 0.5) is 10.1 Å². The monoisotopic (exact) mass is 385 g/mol. The highest BCUT2D eigenvalue weighted by Gasteiger charge is 2.17. The summed E-state index contributed by atoms with van der Waals surface area (Å²) in [5.41, 5.74) is 2.08. The molecule has 2 aromatic carbocycles. The summed E-state index contributed by atoms with van der Waals surface area (Å²) in [6, 6.07) is 10.8. The van der Waals surface area contributed by atoms with Gasteiger partial charge in [0.15, 0.2) is 17.2 Å². The highest BCUT2D eigenvalue weighted by atomic mass is 19.1. The highest BCUT2D eigenvalue weighted by molar-refractivity contribution is 6.03. The number of benzene rings is 2. The Labute approximate surface area is 161 Å². The second-order valence-electron chi connectivity index (χ2n) is 5.93. The summed E-state index contributed by atoms with van der Waals surface area (Å²) < 4.78 is 30.6. The van der Waals surface area contributed by atoms with Crippen LogP contribution in [0.15, 0.2) is 42.5 Å². The smallest absolute Gasteiger partial charge is 0.276 e. The lowest BCUT2D eigenvalue weighted by Crippen LogP contribution is -2.13. The number of nitrogens with one attached hydrogen (secondary N) is 1. The maximum atomic E-state index is 13.1. The van der Waals surface area contributed by atoms with Crippen LogP contribution in [-0.4, -0.2) is 37.0 Å². The maximum absolute atomic E-state index is 13.1. The Morgan fingerprint density at radius 3 is 2.14 bits per heavy atom. The van der Waals surface area contributed by atoms with Crippen LogP contribution in [0.2, 0.25) is 0 Å². The third-order valence-electron chi connectivity index (χ3n) is 4.11. The van der Waals surface area contributed by atoms with E-state index in [1.165, 1.54) is 33.5 Å². The number of rotatable bonds is 6. The molecule has 146 valence electrons. The summed E-state index contributed by atoms with van der Waals surface area (Å²) in [6.07, 6.45) is 0. The average molecular weight is 385 g/mol. The molecule has 0 aliphatic heterocycles. The van der Waals surface area contributed by atoms with E-state index >= 15 is 0 Å². The third kappa shape index (κ3) is 3.75. The molecule has 3 aromatic rings. The molecule has 1 heterocycles. The second kappa shape index (κ2) is 7.99. The molecule has 0 aliphatic rings. The fraction of sp³-hybridized carbons (Fsp3) is 0.200. The van der Waals surface area contributed by atoms with E-state index in [1.807, 2.05) is 6.92 Å². The molecule has 8 heteroatoms. The van der Waals surface area contributed by atoms with Crippen LogP contribution in [0, 0.1) is 12.7 Å². The van der Waals surface area contributed by atoms with Gasteiger partial charge >= 0.3 is 0 Å².